The molecular formula is C14H22ClFN2. The summed E-state index contributed by atoms with van der Waals surface area (Å²) in [5.41, 5.74) is 6.41. The molecule has 1 aromatic carbocycles. The Bertz CT molecular complexity index is 382. The summed E-state index contributed by atoms with van der Waals surface area (Å²) in [5, 5.41) is 0.547. The molecule has 1 atom stereocenters. The zero-order chi connectivity index (χ0) is 13.7. The topological polar surface area (TPSA) is 29.3 Å². The van der Waals surface area contributed by atoms with E-state index < -0.39 is 0 Å². The summed E-state index contributed by atoms with van der Waals surface area (Å²) in [6.45, 7) is 8.47. The van der Waals surface area contributed by atoms with E-state index >= 15 is 0 Å². The van der Waals surface area contributed by atoms with E-state index in [1.54, 1.807) is 12.1 Å². The Morgan fingerprint density at radius 2 is 2.06 bits per heavy atom. The highest BCUT2D eigenvalue weighted by Gasteiger charge is 2.21. The fourth-order valence-corrected chi connectivity index (χ4v) is 2.37. The number of nitrogens with zero attached hydrogens (tertiary/aromatic N) is 1. The fraction of sp³-hybridized carbons (Fsp3) is 0.571. The number of halogens is 2. The van der Waals surface area contributed by atoms with E-state index in [-0.39, 0.29) is 11.9 Å². The molecule has 0 aliphatic carbocycles. The molecule has 0 amide bonds. The maximum atomic E-state index is 13.9. The van der Waals surface area contributed by atoms with Crippen LogP contribution in [-0.4, -0.2) is 24.5 Å². The molecule has 0 aliphatic heterocycles. The van der Waals surface area contributed by atoms with Gasteiger partial charge in [0.05, 0.1) is 0 Å². The third-order valence-electron chi connectivity index (χ3n) is 2.99. The highest BCUT2D eigenvalue weighted by Crippen LogP contribution is 2.26. The summed E-state index contributed by atoms with van der Waals surface area (Å²) in [6.07, 6.45) is 0. The SMILES string of the molecule is CCN(CC(C)C)C(CN)c1cc(Cl)ccc1F. The fourth-order valence-electron chi connectivity index (χ4n) is 2.19. The number of hydrogen-bond donors (Lipinski definition) is 1. The van der Waals surface area contributed by atoms with Crippen LogP contribution in [0.2, 0.25) is 5.02 Å². The number of likely N-dealkylation sites (N-methyl/N-ethyl adjacent to an activating group) is 1. The molecule has 2 N–H and O–H groups in total. The average Bonchev–Trinajstić information content (AvgIpc) is 2.32. The molecule has 4 heteroatoms. The first-order valence-electron chi connectivity index (χ1n) is 6.38. The van der Waals surface area contributed by atoms with Crippen molar-refractivity contribution in [3.05, 3.63) is 34.6 Å². The van der Waals surface area contributed by atoms with Crippen molar-refractivity contribution in [2.45, 2.75) is 26.8 Å². The molecule has 2 nitrogen and oxygen atoms in total. The van der Waals surface area contributed by atoms with Crippen molar-refractivity contribution in [3.63, 3.8) is 0 Å². The van der Waals surface area contributed by atoms with Crippen molar-refractivity contribution in [2.24, 2.45) is 11.7 Å². The number of benzene rings is 1. The zero-order valence-electron chi connectivity index (χ0n) is 11.3. The van der Waals surface area contributed by atoms with E-state index in [0.29, 0.717) is 23.0 Å². The van der Waals surface area contributed by atoms with Gasteiger partial charge in [-0.2, -0.15) is 0 Å². The van der Waals surface area contributed by atoms with Crippen LogP contribution < -0.4 is 5.73 Å². The van der Waals surface area contributed by atoms with Crippen molar-refractivity contribution in [3.8, 4) is 0 Å². The Labute approximate surface area is 114 Å². The van der Waals surface area contributed by atoms with Gasteiger partial charge >= 0.3 is 0 Å². The monoisotopic (exact) mass is 272 g/mol. The molecule has 18 heavy (non-hydrogen) atoms. The van der Waals surface area contributed by atoms with Gasteiger partial charge in [-0.15, -0.1) is 0 Å². The minimum Gasteiger partial charge on any atom is -0.329 e. The molecule has 1 unspecified atom stereocenters. The predicted molar refractivity (Wildman–Crippen MR) is 75.3 cm³/mol. The Balaban J connectivity index is 3.03. The van der Waals surface area contributed by atoms with Gasteiger partial charge in [0.25, 0.3) is 0 Å². The molecule has 1 rings (SSSR count). The minimum absolute atomic E-state index is 0.115. The highest BCUT2D eigenvalue weighted by molar-refractivity contribution is 6.30. The van der Waals surface area contributed by atoms with Crippen LogP contribution in [0, 0.1) is 11.7 Å². The maximum Gasteiger partial charge on any atom is 0.128 e. The van der Waals surface area contributed by atoms with Crippen LogP contribution in [0.3, 0.4) is 0 Å². The number of rotatable bonds is 6. The van der Waals surface area contributed by atoms with E-state index in [9.17, 15) is 4.39 Å². The average molecular weight is 273 g/mol. The lowest BCUT2D eigenvalue weighted by Crippen LogP contribution is -2.36. The van der Waals surface area contributed by atoms with E-state index in [1.165, 1.54) is 6.07 Å². The normalized spacial score (nSPS) is 13.3. The Hall–Kier alpha value is -0.640. The second kappa shape index (κ2) is 7.07. The van der Waals surface area contributed by atoms with E-state index in [0.717, 1.165) is 13.1 Å². The number of hydrogen-bond acceptors (Lipinski definition) is 2. The van der Waals surface area contributed by atoms with Gasteiger partial charge in [0.2, 0.25) is 0 Å². The van der Waals surface area contributed by atoms with Crippen molar-refractivity contribution in [1.29, 1.82) is 0 Å². The van der Waals surface area contributed by atoms with Crippen LogP contribution in [0.15, 0.2) is 18.2 Å². The molecule has 0 aliphatic rings. The third kappa shape index (κ3) is 3.94. The summed E-state index contributed by atoms with van der Waals surface area (Å²) in [7, 11) is 0. The van der Waals surface area contributed by atoms with Gasteiger partial charge in [0.15, 0.2) is 0 Å². The smallest absolute Gasteiger partial charge is 0.128 e. The summed E-state index contributed by atoms with van der Waals surface area (Å²) in [6, 6.07) is 4.53. The van der Waals surface area contributed by atoms with E-state index in [1.807, 2.05) is 0 Å². The van der Waals surface area contributed by atoms with Gasteiger partial charge in [-0.25, -0.2) is 4.39 Å². The molecule has 0 spiro atoms. The van der Waals surface area contributed by atoms with Gasteiger partial charge in [0.1, 0.15) is 5.82 Å². The molecule has 0 bridgehead atoms. The molecular weight excluding hydrogens is 251 g/mol. The second-order valence-corrected chi connectivity index (χ2v) is 5.34. The molecule has 0 heterocycles. The lowest BCUT2D eigenvalue weighted by Gasteiger charge is -2.31. The predicted octanol–water partition coefficient (Wildman–Crippen LogP) is 3.46. The zero-order valence-corrected chi connectivity index (χ0v) is 12.0. The summed E-state index contributed by atoms with van der Waals surface area (Å²) >= 11 is 5.95. The lowest BCUT2D eigenvalue weighted by atomic mass is 10.0. The molecule has 0 fully saturated rings. The molecule has 0 saturated carbocycles. The van der Waals surface area contributed by atoms with Crippen molar-refractivity contribution < 1.29 is 4.39 Å². The quantitative estimate of drug-likeness (QED) is 0.859. The molecule has 0 aromatic heterocycles. The Morgan fingerprint density at radius 1 is 1.39 bits per heavy atom. The van der Waals surface area contributed by atoms with Gasteiger partial charge in [0, 0.05) is 29.7 Å². The van der Waals surface area contributed by atoms with Gasteiger partial charge < -0.3 is 5.73 Å². The first kappa shape index (κ1) is 15.4. The van der Waals surface area contributed by atoms with Crippen molar-refractivity contribution >= 4 is 11.6 Å². The van der Waals surface area contributed by atoms with Gasteiger partial charge in [-0.1, -0.05) is 32.4 Å². The Kier molecular flexibility index (Phi) is 6.06. The van der Waals surface area contributed by atoms with E-state index in [2.05, 4.69) is 25.7 Å². The number of nitrogens with two attached hydrogens (primary N) is 1. The Morgan fingerprint density at radius 3 is 2.56 bits per heavy atom. The lowest BCUT2D eigenvalue weighted by molar-refractivity contribution is 0.186. The molecule has 0 saturated heterocycles. The minimum atomic E-state index is -0.239. The second-order valence-electron chi connectivity index (χ2n) is 4.90. The first-order chi connectivity index (χ1) is 8.49. The van der Waals surface area contributed by atoms with Crippen LogP contribution in [0.4, 0.5) is 4.39 Å². The van der Waals surface area contributed by atoms with Crippen LogP contribution in [0.5, 0.6) is 0 Å². The van der Waals surface area contributed by atoms with E-state index in [4.69, 9.17) is 17.3 Å². The molecule has 1 aromatic rings. The van der Waals surface area contributed by atoms with Crippen LogP contribution >= 0.6 is 11.6 Å². The summed E-state index contributed by atoms with van der Waals surface area (Å²) in [5.74, 6) is 0.276. The van der Waals surface area contributed by atoms with Crippen LogP contribution in [0.1, 0.15) is 32.4 Å². The van der Waals surface area contributed by atoms with Crippen molar-refractivity contribution in [2.75, 3.05) is 19.6 Å². The van der Waals surface area contributed by atoms with Crippen molar-refractivity contribution in [1.82, 2.24) is 4.90 Å². The summed E-state index contributed by atoms with van der Waals surface area (Å²) < 4.78 is 13.9. The molecule has 102 valence electrons. The first-order valence-corrected chi connectivity index (χ1v) is 6.76. The molecule has 0 radical (unpaired) electrons. The highest BCUT2D eigenvalue weighted by atomic mass is 35.5. The van der Waals surface area contributed by atoms with Gasteiger partial charge in [-0.3, -0.25) is 4.90 Å². The third-order valence-corrected chi connectivity index (χ3v) is 3.22. The van der Waals surface area contributed by atoms with Crippen LogP contribution in [-0.2, 0) is 0 Å². The van der Waals surface area contributed by atoms with Gasteiger partial charge in [-0.05, 0) is 30.7 Å². The summed E-state index contributed by atoms with van der Waals surface area (Å²) in [4.78, 5) is 2.19. The van der Waals surface area contributed by atoms with Crippen LogP contribution in [0.25, 0.3) is 0 Å². The standard InChI is InChI=1S/C14H22ClFN2/c1-4-18(9-10(2)3)14(8-17)12-7-11(15)5-6-13(12)16/h5-7,10,14H,4,8-9,17H2,1-3H3. The maximum absolute atomic E-state index is 13.9. The largest absolute Gasteiger partial charge is 0.329 e.